The smallest absolute Gasteiger partial charge is 0.378 e. The molecule has 1 heterocycles. The zero-order valence-corrected chi connectivity index (χ0v) is 19.6. The van der Waals surface area contributed by atoms with Crippen LogP contribution in [0.1, 0.15) is 18.4 Å². The summed E-state index contributed by atoms with van der Waals surface area (Å²) in [6.45, 7) is -0.776. The van der Waals surface area contributed by atoms with Crippen molar-refractivity contribution in [1.82, 2.24) is 15.1 Å². The van der Waals surface area contributed by atoms with E-state index in [4.69, 9.17) is 16.3 Å². The number of amides is 2. The monoisotopic (exact) mass is 497 g/mol. The molecule has 0 radical (unpaired) electrons. The molecule has 1 saturated heterocycles. The first-order valence-electron chi connectivity index (χ1n) is 11.2. The Bertz CT molecular complexity index is 1070. The molecule has 2 aromatic carbocycles. The van der Waals surface area contributed by atoms with Crippen molar-refractivity contribution in [3.05, 3.63) is 47.0 Å². The average molecular weight is 498 g/mol. The molecular weight excluding hydrogens is 471 g/mol. The number of morpholine rings is 1. The minimum atomic E-state index is -4.40. The lowest BCUT2D eigenvalue weighted by atomic mass is 10.0. The van der Waals surface area contributed by atoms with Gasteiger partial charge in [-0.2, -0.15) is 13.2 Å². The van der Waals surface area contributed by atoms with Gasteiger partial charge in [0.25, 0.3) is 0 Å². The van der Waals surface area contributed by atoms with Crippen molar-refractivity contribution in [2.45, 2.75) is 37.0 Å². The number of rotatable bonds is 7. The summed E-state index contributed by atoms with van der Waals surface area (Å²) in [5.41, 5.74) is 0.190. The van der Waals surface area contributed by atoms with Gasteiger partial charge in [0.15, 0.2) is 0 Å². The minimum absolute atomic E-state index is 0.0383. The highest BCUT2D eigenvalue weighted by atomic mass is 35.5. The molecule has 1 N–H and O–H groups in total. The van der Waals surface area contributed by atoms with Gasteiger partial charge in [0.05, 0.1) is 31.7 Å². The van der Waals surface area contributed by atoms with Gasteiger partial charge in [0.1, 0.15) is 6.04 Å². The highest BCUT2D eigenvalue weighted by Crippen LogP contribution is 2.36. The number of hydrogen-bond acceptors (Lipinski definition) is 4. The predicted molar refractivity (Wildman–Crippen MR) is 123 cm³/mol. The maximum Gasteiger partial charge on any atom is 0.401 e. The first kappa shape index (κ1) is 24.8. The molecule has 6 nitrogen and oxygen atoms in total. The zero-order valence-electron chi connectivity index (χ0n) is 18.8. The van der Waals surface area contributed by atoms with Crippen LogP contribution in [0.2, 0.25) is 5.02 Å². The van der Waals surface area contributed by atoms with Crippen molar-refractivity contribution in [2.75, 3.05) is 39.9 Å². The number of benzene rings is 2. The number of alkyl halides is 3. The fourth-order valence-electron chi connectivity index (χ4n) is 4.45. The van der Waals surface area contributed by atoms with Crippen LogP contribution in [0.25, 0.3) is 10.8 Å². The Hall–Kier alpha value is -2.36. The molecule has 1 aliphatic carbocycles. The van der Waals surface area contributed by atoms with Crippen LogP contribution in [0.5, 0.6) is 0 Å². The van der Waals surface area contributed by atoms with Crippen LogP contribution in [0.15, 0.2) is 36.4 Å². The lowest BCUT2D eigenvalue weighted by molar-refractivity contribution is -0.167. The molecule has 1 unspecified atom stereocenters. The first-order valence-corrected chi connectivity index (χ1v) is 11.5. The van der Waals surface area contributed by atoms with E-state index in [-0.39, 0.29) is 38.6 Å². The molecule has 2 amide bonds. The second-order valence-electron chi connectivity index (χ2n) is 9.16. The molecular formula is C24H27ClF3N3O3. The third-order valence-electron chi connectivity index (χ3n) is 6.39. The summed E-state index contributed by atoms with van der Waals surface area (Å²) in [5, 5.41) is 5.35. The summed E-state index contributed by atoms with van der Waals surface area (Å²) >= 11 is 6.23. The number of carbonyl (C=O) groups excluding carboxylic acids is 2. The van der Waals surface area contributed by atoms with Crippen LogP contribution < -0.4 is 5.32 Å². The molecule has 2 aromatic rings. The molecule has 1 saturated carbocycles. The van der Waals surface area contributed by atoms with E-state index >= 15 is 0 Å². The normalized spacial score (nSPS) is 20.2. The van der Waals surface area contributed by atoms with Crippen molar-refractivity contribution in [3.8, 4) is 0 Å². The highest BCUT2D eigenvalue weighted by molar-refractivity contribution is 6.31. The van der Waals surface area contributed by atoms with Crippen molar-refractivity contribution in [3.63, 3.8) is 0 Å². The van der Waals surface area contributed by atoms with E-state index in [2.05, 4.69) is 5.32 Å². The summed E-state index contributed by atoms with van der Waals surface area (Å²) in [5.74, 6) is -0.629. The van der Waals surface area contributed by atoms with Crippen LogP contribution in [0, 0.1) is 0 Å². The molecule has 2 fully saturated rings. The highest BCUT2D eigenvalue weighted by Gasteiger charge is 2.48. The minimum Gasteiger partial charge on any atom is -0.378 e. The van der Waals surface area contributed by atoms with Crippen molar-refractivity contribution in [1.29, 1.82) is 0 Å². The van der Waals surface area contributed by atoms with Crippen LogP contribution in [-0.2, 0) is 20.7 Å². The van der Waals surface area contributed by atoms with Crippen LogP contribution in [0.4, 0.5) is 13.2 Å². The molecule has 184 valence electrons. The molecule has 2 aliphatic rings. The first-order chi connectivity index (χ1) is 16.1. The van der Waals surface area contributed by atoms with Gasteiger partial charge in [-0.3, -0.25) is 14.5 Å². The number of ether oxygens (including phenoxy) is 1. The van der Waals surface area contributed by atoms with Crippen LogP contribution in [-0.4, -0.2) is 79.3 Å². The maximum atomic E-state index is 13.0. The van der Waals surface area contributed by atoms with Crippen LogP contribution in [0.3, 0.4) is 0 Å². The Kier molecular flexibility index (Phi) is 7.07. The zero-order chi connectivity index (χ0) is 24.5. The Labute approximate surface area is 201 Å². The quantitative estimate of drug-likeness (QED) is 0.637. The summed E-state index contributed by atoms with van der Waals surface area (Å²) < 4.78 is 44.0. The number of likely N-dealkylation sites (N-methyl/N-ethyl adjacent to an activating group) is 1. The van der Waals surface area contributed by atoms with E-state index in [1.807, 2.05) is 30.3 Å². The SMILES string of the molecule is CN(CC1(NC(=O)C2COCCN2CC(F)(F)F)CC1)C(=O)Cc1cc(Cl)cc2ccccc12. The molecule has 4 rings (SSSR count). The number of carbonyl (C=O) groups is 2. The van der Waals surface area contributed by atoms with E-state index in [9.17, 15) is 22.8 Å². The van der Waals surface area contributed by atoms with E-state index in [1.165, 1.54) is 0 Å². The fourth-order valence-corrected chi connectivity index (χ4v) is 4.70. The van der Waals surface area contributed by atoms with Gasteiger partial charge < -0.3 is 15.0 Å². The molecule has 0 aromatic heterocycles. The molecule has 1 atom stereocenters. The van der Waals surface area contributed by atoms with Crippen LogP contribution >= 0.6 is 11.6 Å². The number of halogens is 4. The van der Waals surface area contributed by atoms with Gasteiger partial charge >= 0.3 is 6.18 Å². The standard InChI is InChI=1S/C24H27ClF3N3O3/c1-30(21(32)12-17-11-18(25)10-16-4-2-3-5-19(16)17)14-23(6-7-23)29-22(33)20-13-34-9-8-31(20)15-24(26,27)28/h2-5,10-11,20H,6-9,12-15H2,1H3,(H,29,33). The lowest BCUT2D eigenvalue weighted by Crippen LogP contribution is -2.59. The molecule has 0 spiro atoms. The Morgan fingerprint density at radius 3 is 2.71 bits per heavy atom. The number of fused-ring (bicyclic) bond motifs is 1. The number of nitrogens with zero attached hydrogens (tertiary/aromatic N) is 2. The largest absolute Gasteiger partial charge is 0.401 e. The molecule has 34 heavy (non-hydrogen) atoms. The van der Waals surface area contributed by atoms with Crippen molar-refractivity contribution >= 4 is 34.2 Å². The van der Waals surface area contributed by atoms with E-state index in [0.29, 0.717) is 17.9 Å². The third kappa shape index (κ3) is 6.00. The maximum absolute atomic E-state index is 13.0. The summed E-state index contributed by atoms with van der Waals surface area (Å²) in [6.07, 6.45) is -2.94. The Morgan fingerprint density at radius 2 is 2.00 bits per heavy atom. The second-order valence-corrected chi connectivity index (χ2v) is 9.60. The molecule has 1 aliphatic heterocycles. The summed E-state index contributed by atoms with van der Waals surface area (Å²) in [6, 6.07) is 10.3. The topological polar surface area (TPSA) is 61.9 Å². The van der Waals surface area contributed by atoms with Gasteiger partial charge in [0.2, 0.25) is 11.8 Å². The summed E-state index contributed by atoms with van der Waals surface area (Å²) in [4.78, 5) is 28.5. The van der Waals surface area contributed by atoms with Crippen molar-refractivity contribution in [2.24, 2.45) is 0 Å². The Morgan fingerprint density at radius 1 is 1.26 bits per heavy atom. The van der Waals surface area contributed by atoms with Gasteiger partial charge in [-0.25, -0.2) is 0 Å². The van der Waals surface area contributed by atoms with E-state index in [0.717, 1.165) is 21.2 Å². The number of hydrogen-bond donors (Lipinski definition) is 1. The summed E-state index contributed by atoms with van der Waals surface area (Å²) in [7, 11) is 1.67. The van der Waals surface area contributed by atoms with Gasteiger partial charge in [-0.15, -0.1) is 0 Å². The average Bonchev–Trinajstić information content (AvgIpc) is 3.51. The van der Waals surface area contributed by atoms with Gasteiger partial charge in [-0.05, 0) is 41.3 Å². The molecule has 0 bridgehead atoms. The predicted octanol–water partition coefficient (Wildman–Crippen LogP) is 3.41. The third-order valence-corrected chi connectivity index (χ3v) is 6.60. The van der Waals surface area contributed by atoms with E-state index < -0.39 is 30.2 Å². The van der Waals surface area contributed by atoms with Gasteiger partial charge in [0, 0.05) is 25.2 Å². The second kappa shape index (κ2) is 9.71. The van der Waals surface area contributed by atoms with E-state index in [1.54, 1.807) is 18.0 Å². The number of nitrogens with one attached hydrogen (secondary N) is 1. The van der Waals surface area contributed by atoms with Crippen molar-refractivity contribution < 1.29 is 27.5 Å². The Balaban J connectivity index is 1.39. The lowest BCUT2D eigenvalue weighted by Gasteiger charge is -2.36. The molecule has 10 heteroatoms. The van der Waals surface area contributed by atoms with Gasteiger partial charge in [-0.1, -0.05) is 35.9 Å². The fraction of sp³-hybridized carbons (Fsp3) is 0.500.